The van der Waals surface area contributed by atoms with Gasteiger partial charge in [-0.1, -0.05) is 0 Å². The molecule has 1 saturated heterocycles. The van der Waals surface area contributed by atoms with Crippen LogP contribution in [-0.2, 0) is 14.8 Å². The van der Waals surface area contributed by atoms with E-state index in [0.717, 1.165) is 5.56 Å². The lowest BCUT2D eigenvalue weighted by atomic mass is 9.97. The third-order valence-electron chi connectivity index (χ3n) is 4.77. The van der Waals surface area contributed by atoms with Crippen LogP contribution in [0.4, 0.5) is 0 Å². The number of nitrogens with zero attached hydrogens (tertiary/aromatic N) is 1. The Labute approximate surface area is 160 Å². The van der Waals surface area contributed by atoms with Gasteiger partial charge in [-0.05, 0) is 37.5 Å². The third kappa shape index (κ3) is 5.04. The van der Waals surface area contributed by atoms with Gasteiger partial charge in [0.25, 0.3) is 0 Å². The van der Waals surface area contributed by atoms with Crippen LogP contribution in [0.15, 0.2) is 12.1 Å². The lowest BCUT2D eigenvalue weighted by molar-refractivity contribution is -0.126. The standard InChI is InChI=1S/C18H28N2O6S/c1-12(14-9-15(24-2)17(26-4)16(10-14)25-3)19-18(21)13-7-6-8-20(11-13)27(5,22)23/h9-10,12-13H,6-8,11H2,1-5H3,(H,19,21). The van der Waals surface area contributed by atoms with Crippen molar-refractivity contribution in [3.63, 3.8) is 0 Å². The second kappa shape index (κ2) is 8.79. The maximum Gasteiger partial charge on any atom is 0.224 e. The van der Waals surface area contributed by atoms with Gasteiger partial charge in [-0.15, -0.1) is 0 Å². The molecule has 9 heteroatoms. The summed E-state index contributed by atoms with van der Waals surface area (Å²) >= 11 is 0. The Bertz CT molecular complexity index is 755. The van der Waals surface area contributed by atoms with Crippen LogP contribution in [0.5, 0.6) is 17.2 Å². The highest BCUT2D eigenvalue weighted by Crippen LogP contribution is 2.39. The second-order valence-electron chi connectivity index (χ2n) is 6.65. The monoisotopic (exact) mass is 400 g/mol. The zero-order valence-corrected chi connectivity index (χ0v) is 17.3. The largest absolute Gasteiger partial charge is 0.493 e. The fourth-order valence-corrected chi connectivity index (χ4v) is 4.14. The van der Waals surface area contributed by atoms with Gasteiger partial charge in [-0.3, -0.25) is 4.79 Å². The molecule has 1 aliphatic heterocycles. The van der Waals surface area contributed by atoms with Crippen LogP contribution < -0.4 is 19.5 Å². The van der Waals surface area contributed by atoms with E-state index in [0.29, 0.717) is 36.6 Å². The van der Waals surface area contributed by atoms with Gasteiger partial charge < -0.3 is 19.5 Å². The summed E-state index contributed by atoms with van der Waals surface area (Å²) < 4.78 is 40.9. The van der Waals surface area contributed by atoms with E-state index in [2.05, 4.69) is 5.32 Å². The number of ether oxygens (including phenoxy) is 3. The molecule has 1 amide bonds. The quantitative estimate of drug-likeness (QED) is 0.747. The smallest absolute Gasteiger partial charge is 0.224 e. The van der Waals surface area contributed by atoms with Crippen molar-refractivity contribution in [2.24, 2.45) is 5.92 Å². The Morgan fingerprint density at radius 2 is 1.78 bits per heavy atom. The predicted molar refractivity (Wildman–Crippen MR) is 102 cm³/mol. The first-order valence-corrected chi connectivity index (χ1v) is 10.6. The number of piperidine rings is 1. The molecule has 2 unspecified atom stereocenters. The van der Waals surface area contributed by atoms with Crippen LogP contribution in [-0.4, -0.2) is 59.3 Å². The first-order chi connectivity index (χ1) is 12.7. The summed E-state index contributed by atoms with van der Waals surface area (Å²) in [5.74, 6) is 0.976. The molecule has 8 nitrogen and oxygen atoms in total. The van der Waals surface area contributed by atoms with Crippen molar-refractivity contribution in [2.45, 2.75) is 25.8 Å². The number of carbonyl (C=O) groups is 1. The SMILES string of the molecule is COc1cc(C(C)NC(=O)C2CCCN(S(C)(=O)=O)C2)cc(OC)c1OC. The molecule has 0 aromatic heterocycles. The van der Waals surface area contributed by atoms with E-state index >= 15 is 0 Å². The number of nitrogens with one attached hydrogen (secondary N) is 1. The van der Waals surface area contributed by atoms with E-state index < -0.39 is 10.0 Å². The molecule has 0 aliphatic carbocycles. The Morgan fingerprint density at radius 1 is 1.19 bits per heavy atom. The van der Waals surface area contributed by atoms with E-state index in [1.165, 1.54) is 31.9 Å². The number of amides is 1. The van der Waals surface area contributed by atoms with Crippen molar-refractivity contribution < 1.29 is 27.4 Å². The van der Waals surface area contributed by atoms with Gasteiger partial charge in [0, 0.05) is 13.1 Å². The van der Waals surface area contributed by atoms with Gasteiger partial charge >= 0.3 is 0 Å². The van der Waals surface area contributed by atoms with Crippen molar-refractivity contribution in [2.75, 3.05) is 40.7 Å². The van der Waals surface area contributed by atoms with Crippen LogP contribution in [0.25, 0.3) is 0 Å². The van der Waals surface area contributed by atoms with Gasteiger partial charge in [-0.25, -0.2) is 12.7 Å². The van der Waals surface area contributed by atoms with Crippen molar-refractivity contribution in [3.8, 4) is 17.2 Å². The summed E-state index contributed by atoms with van der Waals surface area (Å²) in [5.41, 5.74) is 0.800. The molecule has 2 atom stereocenters. The Morgan fingerprint density at radius 3 is 2.26 bits per heavy atom. The van der Waals surface area contributed by atoms with Crippen LogP contribution in [0, 0.1) is 5.92 Å². The number of hydrogen-bond acceptors (Lipinski definition) is 6. The number of rotatable bonds is 7. The highest BCUT2D eigenvalue weighted by Gasteiger charge is 2.31. The van der Waals surface area contributed by atoms with Crippen molar-refractivity contribution in [1.82, 2.24) is 9.62 Å². The number of sulfonamides is 1. The average molecular weight is 400 g/mol. The van der Waals surface area contributed by atoms with E-state index in [-0.39, 0.29) is 24.4 Å². The summed E-state index contributed by atoms with van der Waals surface area (Å²) in [7, 11) is 1.31. The summed E-state index contributed by atoms with van der Waals surface area (Å²) in [5, 5.41) is 2.97. The maximum absolute atomic E-state index is 12.7. The molecule has 0 bridgehead atoms. The number of benzene rings is 1. The predicted octanol–water partition coefficient (Wildman–Crippen LogP) is 1.56. The molecule has 2 rings (SSSR count). The van der Waals surface area contributed by atoms with Crippen molar-refractivity contribution >= 4 is 15.9 Å². The van der Waals surface area contributed by atoms with Crippen LogP contribution in [0.3, 0.4) is 0 Å². The lowest BCUT2D eigenvalue weighted by Gasteiger charge is -2.31. The molecule has 1 aromatic rings. The van der Waals surface area contributed by atoms with Crippen LogP contribution in [0.2, 0.25) is 0 Å². The molecule has 1 heterocycles. The first kappa shape index (κ1) is 21.3. The number of hydrogen-bond donors (Lipinski definition) is 1. The molecule has 1 aliphatic rings. The fraction of sp³-hybridized carbons (Fsp3) is 0.611. The van der Waals surface area contributed by atoms with Gasteiger partial charge in [0.2, 0.25) is 21.7 Å². The Hall–Kier alpha value is -2.00. The van der Waals surface area contributed by atoms with E-state index in [9.17, 15) is 13.2 Å². The minimum absolute atomic E-state index is 0.162. The summed E-state index contributed by atoms with van der Waals surface area (Å²) in [6.45, 7) is 2.54. The van der Waals surface area contributed by atoms with Crippen LogP contribution in [0.1, 0.15) is 31.4 Å². The Balaban J connectivity index is 2.14. The molecular formula is C18H28N2O6S. The van der Waals surface area contributed by atoms with Crippen molar-refractivity contribution in [3.05, 3.63) is 17.7 Å². The summed E-state index contributed by atoms with van der Waals surface area (Å²) in [6.07, 6.45) is 2.51. The second-order valence-corrected chi connectivity index (χ2v) is 8.63. The molecule has 27 heavy (non-hydrogen) atoms. The van der Waals surface area contributed by atoms with Gasteiger partial charge in [0.15, 0.2) is 11.5 Å². The summed E-state index contributed by atoms with van der Waals surface area (Å²) in [6, 6.07) is 3.27. The van der Waals surface area contributed by atoms with E-state index in [1.807, 2.05) is 6.92 Å². The van der Waals surface area contributed by atoms with Gasteiger partial charge in [-0.2, -0.15) is 0 Å². The molecule has 0 radical (unpaired) electrons. The molecule has 1 aromatic carbocycles. The molecule has 0 saturated carbocycles. The molecular weight excluding hydrogens is 372 g/mol. The normalized spacial score (nSPS) is 19.2. The lowest BCUT2D eigenvalue weighted by Crippen LogP contribution is -2.45. The first-order valence-electron chi connectivity index (χ1n) is 8.76. The number of carbonyl (C=O) groups excluding carboxylic acids is 1. The van der Waals surface area contributed by atoms with Crippen molar-refractivity contribution in [1.29, 1.82) is 0 Å². The third-order valence-corrected chi connectivity index (χ3v) is 6.04. The maximum atomic E-state index is 12.7. The van der Waals surface area contributed by atoms with Crippen LogP contribution >= 0.6 is 0 Å². The summed E-state index contributed by atoms with van der Waals surface area (Å²) in [4.78, 5) is 12.7. The zero-order chi connectivity index (χ0) is 20.2. The van der Waals surface area contributed by atoms with Gasteiger partial charge in [0.1, 0.15) is 0 Å². The molecule has 1 N–H and O–H groups in total. The highest BCUT2D eigenvalue weighted by molar-refractivity contribution is 7.88. The molecule has 0 spiro atoms. The molecule has 152 valence electrons. The fourth-order valence-electron chi connectivity index (χ4n) is 3.22. The average Bonchev–Trinajstić information content (AvgIpc) is 2.65. The molecule has 1 fully saturated rings. The van der Waals surface area contributed by atoms with E-state index in [4.69, 9.17) is 14.2 Å². The number of methoxy groups -OCH3 is 3. The highest BCUT2D eigenvalue weighted by atomic mass is 32.2. The topological polar surface area (TPSA) is 94.2 Å². The Kier molecular flexibility index (Phi) is 6.94. The van der Waals surface area contributed by atoms with Gasteiger partial charge in [0.05, 0.1) is 39.5 Å². The van der Waals surface area contributed by atoms with E-state index in [1.54, 1.807) is 12.1 Å². The minimum atomic E-state index is -3.29. The minimum Gasteiger partial charge on any atom is -0.493 e. The zero-order valence-electron chi connectivity index (χ0n) is 16.4.